The van der Waals surface area contributed by atoms with Crippen LogP contribution in [-0.2, 0) is 18.4 Å². The van der Waals surface area contributed by atoms with Gasteiger partial charge in [0, 0.05) is 30.9 Å². The second kappa shape index (κ2) is 5.74. The van der Waals surface area contributed by atoms with Crippen molar-refractivity contribution in [3.05, 3.63) is 17.0 Å². The van der Waals surface area contributed by atoms with Crippen molar-refractivity contribution >= 4 is 5.97 Å². The van der Waals surface area contributed by atoms with Crippen molar-refractivity contribution in [2.45, 2.75) is 52.1 Å². The molecule has 1 aliphatic rings. The largest absolute Gasteiger partial charge is 0.481 e. The fourth-order valence-electron chi connectivity index (χ4n) is 2.95. The average Bonchev–Trinajstić information content (AvgIpc) is 2.57. The first kappa shape index (κ1) is 14.1. The maximum absolute atomic E-state index is 11.0. The van der Waals surface area contributed by atoms with Gasteiger partial charge < -0.3 is 5.11 Å². The highest BCUT2D eigenvalue weighted by molar-refractivity contribution is 5.67. The van der Waals surface area contributed by atoms with Crippen molar-refractivity contribution in [3.8, 4) is 0 Å². The van der Waals surface area contributed by atoms with Crippen molar-refractivity contribution < 1.29 is 9.90 Å². The number of aromatic nitrogens is 2. The molecule has 1 atom stereocenters. The Hall–Kier alpha value is -1.36. The Morgan fingerprint density at radius 2 is 2.16 bits per heavy atom. The molecule has 1 unspecified atom stereocenters. The molecule has 1 aromatic heterocycles. The Labute approximate surface area is 114 Å². The van der Waals surface area contributed by atoms with E-state index in [1.807, 2.05) is 18.7 Å². The molecule has 0 saturated carbocycles. The number of carboxylic acid groups (broad SMARTS) is 1. The highest BCUT2D eigenvalue weighted by Crippen LogP contribution is 2.24. The first-order chi connectivity index (χ1) is 8.99. The maximum atomic E-state index is 11.0. The van der Waals surface area contributed by atoms with Crippen molar-refractivity contribution in [2.24, 2.45) is 7.05 Å². The predicted octanol–water partition coefficient (Wildman–Crippen LogP) is 1.87. The van der Waals surface area contributed by atoms with Crippen LogP contribution in [-0.4, -0.2) is 38.3 Å². The molecule has 2 heterocycles. The number of hydrogen-bond acceptors (Lipinski definition) is 3. The molecule has 0 aliphatic carbocycles. The van der Waals surface area contributed by atoms with E-state index in [9.17, 15) is 4.79 Å². The molecule has 1 aromatic rings. The summed E-state index contributed by atoms with van der Waals surface area (Å²) in [6.07, 6.45) is 3.54. The summed E-state index contributed by atoms with van der Waals surface area (Å²) < 4.78 is 1.90. The minimum atomic E-state index is -0.698. The quantitative estimate of drug-likeness (QED) is 0.903. The second-order valence-electron chi connectivity index (χ2n) is 5.49. The number of hydrogen-bond donors (Lipinski definition) is 1. The zero-order chi connectivity index (χ0) is 14.0. The van der Waals surface area contributed by atoms with Gasteiger partial charge in [-0.2, -0.15) is 5.10 Å². The molecule has 1 aliphatic heterocycles. The molecule has 19 heavy (non-hydrogen) atoms. The number of aryl methyl sites for hydroxylation is 2. The Bertz CT molecular complexity index is 468. The molecule has 1 saturated heterocycles. The number of piperidine rings is 1. The van der Waals surface area contributed by atoms with Gasteiger partial charge in [0.1, 0.15) is 0 Å². The number of nitrogens with zero attached hydrogens (tertiary/aromatic N) is 3. The summed E-state index contributed by atoms with van der Waals surface area (Å²) in [5.41, 5.74) is 3.48. The SMILES string of the molecule is Cc1nn(C)c(C)c1CN1CCCCC1CC(=O)O. The number of rotatable bonds is 4. The van der Waals surface area contributed by atoms with Gasteiger partial charge in [0.2, 0.25) is 0 Å². The van der Waals surface area contributed by atoms with E-state index < -0.39 is 5.97 Å². The zero-order valence-corrected chi connectivity index (χ0v) is 12.0. The molecule has 1 fully saturated rings. The van der Waals surface area contributed by atoms with Gasteiger partial charge in [0.05, 0.1) is 12.1 Å². The summed E-state index contributed by atoms with van der Waals surface area (Å²) in [6, 6.07) is 0.172. The van der Waals surface area contributed by atoms with E-state index in [-0.39, 0.29) is 12.5 Å². The van der Waals surface area contributed by atoms with E-state index in [0.717, 1.165) is 38.0 Å². The molecular weight excluding hydrogens is 242 g/mol. The average molecular weight is 265 g/mol. The van der Waals surface area contributed by atoms with Crippen molar-refractivity contribution in [1.82, 2.24) is 14.7 Å². The van der Waals surface area contributed by atoms with E-state index in [1.54, 1.807) is 0 Å². The maximum Gasteiger partial charge on any atom is 0.304 e. The van der Waals surface area contributed by atoms with Crippen LogP contribution in [0.15, 0.2) is 0 Å². The van der Waals surface area contributed by atoms with Crippen LogP contribution < -0.4 is 0 Å². The van der Waals surface area contributed by atoms with Gasteiger partial charge in [0.15, 0.2) is 0 Å². The zero-order valence-electron chi connectivity index (χ0n) is 12.0. The molecule has 5 nitrogen and oxygen atoms in total. The van der Waals surface area contributed by atoms with Crippen LogP contribution in [0.5, 0.6) is 0 Å². The van der Waals surface area contributed by atoms with Gasteiger partial charge >= 0.3 is 5.97 Å². The van der Waals surface area contributed by atoms with Crippen LogP contribution in [0.2, 0.25) is 0 Å². The third-order valence-corrected chi connectivity index (χ3v) is 4.18. The lowest BCUT2D eigenvalue weighted by Crippen LogP contribution is -2.40. The Morgan fingerprint density at radius 3 is 2.74 bits per heavy atom. The van der Waals surface area contributed by atoms with Crippen LogP contribution >= 0.6 is 0 Å². The standard InChI is InChI=1S/C14H23N3O2/c1-10-13(11(2)16(3)15-10)9-17-7-5-4-6-12(17)8-14(18)19/h12H,4-9H2,1-3H3,(H,18,19). The van der Waals surface area contributed by atoms with Crippen LogP contribution in [0, 0.1) is 13.8 Å². The molecule has 0 amide bonds. The Balaban J connectivity index is 2.12. The van der Waals surface area contributed by atoms with Gasteiger partial charge in [-0.15, -0.1) is 0 Å². The monoisotopic (exact) mass is 265 g/mol. The first-order valence-corrected chi connectivity index (χ1v) is 6.94. The molecule has 0 radical (unpaired) electrons. The molecule has 2 rings (SSSR count). The van der Waals surface area contributed by atoms with Crippen LogP contribution in [0.3, 0.4) is 0 Å². The smallest absolute Gasteiger partial charge is 0.304 e. The minimum Gasteiger partial charge on any atom is -0.481 e. The second-order valence-corrected chi connectivity index (χ2v) is 5.49. The Morgan fingerprint density at radius 1 is 1.42 bits per heavy atom. The van der Waals surface area contributed by atoms with Gasteiger partial charge in [-0.1, -0.05) is 6.42 Å². The van der Waals surface area contributed by atoms with E-state index in [0.29, 0.717) is 0 Å². The van der Waals surface area contributed by atoms with E-state index in [2.05, 4.69) is 16.9 Å². The van der Waals surface area contributed by atoms with Crippen molar-refractivity contribution in [2.75, 3.05) is 6.54 Å². The van der Waals surface area contributed by atoms with E-state index in [1.165, 1.54) is 11.3 Å². The Kier molecular flexibility index (Phi) is 4.24. The summed E-state index contributed by atoms with van der Waals surface area (Å²) >= 11 is 0. The topological polar surface area (TPSA) is 58.4 Å². The normalized spacial score (nSPS) is 20.7. The van der Waals surface area contributed by atoms with Gasteiger partial charge in [0.25, 0.3) is 0 Å². The van der Waals surface area contributed by atoms with E-state index >= 15 is 0 Å². The third kappa shape index (κ3) is 3.15. The summed E-state index contributed by atoms with van der Waals surface area (Å²) in [6.45, 7) is 5.92. The van der Waals surface area contributed by atoms with Crippen LogP contribution in [0.25, 0.3) is 0 Å². The highest BCUT2D eigenvalue weighted by atomic mass is 16.4. The van der Waals surface area contributed by atoms with E-state index in [4.69, 9.17) is 5.11 Å². The third-order valence-electron chi connectivity index (χ3n) is 4.18. The van der Waals surface area contributed by atoms with Crippen LogP contribution in [0.1, 0.15) is 42.6 Å². The lowest BCUT2D eigenvalue weighted by atomic mass is 9.98. The molecule has 106 valence electrons. The molecule has 5 heteroatoms. The lowest BCUT2D eigenvalue weighted by molar-refractivity contribution is -0.138. The molecule has 0 bridgehead atoms. The summed E-state index contributed by atoms with van der Waals surface area (Å²) in [5.74, 6) is -0.698. The summed E-state index contributed by atoms with van der Waals surface area (Å²) in [7, 11) is 1.96. The van der Waals surface area contributed by atoms with Gasteiger partial charge in [-0.05, 0) is 33.2 Å². The molecule has 0 aromatic carbocycles. The minimum absolute atomic E-state index is 0.172. The lowest BCUT2D eigenvalue weighted by Gasteiger charge is -2.35. The highest BCUT2D eigenvalue weighted by Gasteiger charge is 2.26. The number of aliphatic carboxylic acids is 1. The predicted molar refractivity (Wildman–Crippen MR) is 73.0 cm³/mol. The van der Waals surface area contributed by atoms with Crippen molar-refractivity contribution in [3.63, 3.8) is 0 Å². The fraction of sp³-hybridized carbons (Fsp3) is 0.714. The van der Waals surface area contributed by atoms with Crippen molar-refractivity contribution in [1.29, 1.82) is 0 Å². The summed E-state index contributed by atoms with van der Waals surface area (Å²) in [4.78, 5) is 13.3. The fourth-order valence-corrected chi connectivity index (χ4v) is 2.95. The van der Waals surface area contributed by atoms with Gasteiger partial charge in [-0.3, -0.25) is 14.4 Å². The summed E-state index contributed by atoms with van der Waals surface area (Å²) in [5, 5.41) is 13.5. The first-order valence-electron chi connectivity index (χ1n) is 6.94. The molecule has 0 spiro atoms. The number of likely N-dealkylation sites (tertiary alicyclic amines) is 1. The number of carboxylic acids is 1. The molecule has 1 N–H and O–H groups in total. The number of carbonyl (C=O) groups is 1. The van der Waals surface area contributed by atoms with Gasteiger partial charge in [-0.25, -0.2) is 0 Å². The molecular formula is C14H23N3O2. The van der Waals surface area contributed by atoms with Crippen LogP contribution in [0.4, 0.5) is 0 Å².